The second-order valence-electron chi connectivity index (χ2n) is 5.08. The molecular formula is C15H23ClN2O2. The van der Waals surface area contributed by atoms with Gasteiger partial charge in [0.15, 0.2) is 0 Å². The Morgan fingerprint density at radius 3 is 2.45 bits per heavy atom. The first-order valence-electron chi connectivity index (χ1n) is 6.79. The second kappa shape index (κ2) is 8.25. The summed E-state index contributed by atoms with van der Waals surface area (Å²) in [7, 11) is 3.57. The lowest BCUT2D eigenvalue weighted by Gasteiger charge is -2.31. The molecule has 1 aromatic carbocycles. The van der Waals surface area contributed by atoms with E-state index in [-0.39, 0.29) is 18.4 Å². The monoisotopic (exact) mass is 298 g/mol. The van der Waals surface area contributed by atoms with Gasteiger partial charge in [-0.05, 0) is 50.7 Å². The minimum Gasteiger partial charge on any atom is -0.465 e. The van der Waals surface area contributed by atoms with Gasteiger partial charge in [-0.1, -0.05) is 12.1 Å². The van der Waals surface area contributed by atoms with E-state index in [0.29, 0.717) is 11.6 Å². The van der Waals surface area contributed by atoms with Crippen LogP contribution in [0, 0.1) is 0 Å². The van der Waals surface area contributed by atoms with Crippen molar-refractivity contribution in [2.24, 2.45) is 0 Å². The summed E-state index contributed by atoms with van der Waals surface area (Å²) in [6, 6.07) is 8.32. The number of hydrogen-bond acceptors (Lipinski definition) is 4. The van der Waals surface area contributed by atoms with Crippen LogP contribution in [0.25, 0.3) is 0 Å². The van der Waals surface area contributed by atoms with Crippen LogP contribution >= 0.6 is 12.4 Å². The Labute approximate surface area is 126 Å². The van der Waals surface area contributed by atoms with Gasteiger partial charge >= 0.3 is 5.97 Å². The summed E-state index contributed by atoms with van der Waals surface area (Å²) in [5.41, 5.74) is 1.84. The van der Waals surface area contributed by atoms with Gasteiger partial charge in [-0.2, -0.15) is 0 Å². The molecule has 0 amide bonds. The molecule has 2 rings (SSSR count). The van der Waals surface area contributed by atoms with Crippen LogP contribution in [-0.2, 0) is 11.3 Å². The molecule has 1 aromatic rings. The average Bonchev–Trinajstić information content (AvgIpc) is 2.48. The molecule has 0 aliphatic carbocycles. The normalized spacial score (nSPS) is 15.8. The number of nitrogens with zero attached hydrogens (tertiary/aromatic N) is 1. The standard InChI is InChI=1S/C15H22N2O2.ClH/c1-17(14-7-9-16-10-8-14)11-12-3-5-13(6-4-12)15(18)19-2;/h3-6,14,16H,7-11H2,1-2H3;1H. The van der Waals surface area contributed by atoms with Crippen molar-refractivity contribution >= 4 is 18.4 Å². The first-order chi connectivity index (χ1) is 9.20. The molecule has 0 saturated carbocycles. The van der Waals surface area contributed by atoms with Crippen LogP contribution in [0.15, 0.2) is 24.3 Å². The molecule has 0 radical (unpaired) electrons. The number of carbonyl (C=O) groups excluding carboxylic acids is 1. The first kappa shape index (κ1) is 17.0. The fourth-order valence-electron chi connectivity index (χ4n) is 2.53. The lowest BCUT2D eigenvalue weighted by atomic mass is 10.0. The van der Waals surface area contributed by atoms with Crippen molar-refractivity contribution in [2.45, 2.75) is 25.4 Å². The second-order valence-corrected chi connectivity index (χ2v) is 5.08. The highest BCUT2D eigenvalue weighted by atomic mass is 35.5. The summed E-state index contributed by atoms with van der Waals surface area (Å²) in [4.78, 5) is 13.8. The maximum atomic E-state index is 11.4. The SMILES string of the molecule is COC(=O)c1ccc(CN(C)C2CCNCC2)cc1.Cl. The van der Waals surface area contributed by atoms with Gasteiger partial charge in [-0.15, -0.1) is 12.4 Å². The van der Waals surface area contributed by atoms with Crippen LogP contribution < -0.4 is 5.32 Å². The van der Waals surface area contributed by atoms with Crippen LogP contribution in [0.4, 0.5) is 0 Å². The van der Waals surface area contributed by atoms with Gasteiger partial charge in [0.2, 0.25) is 0 Å². The molecule has 0 unspecified atom stereocenters. The fourth-order valence-corrected chi connectivity index (χ4v) is 2.53. The Hall–Kier alpha value is -1.10. The van der Waals surface area contributed by atoms with E-state index in [2.05, 4.69) is 17.3 Å². The molecule has 0 aromatic heterocycles. The van der Waals surface area contributed by atoms with Crippen LogP contribution in [0.5, 0.6) is 0 Å². The maximum absolute atomic E-state index is 11.4. The van der Waals surface area contributed by atoms with E-state index >= 15 is 0 Å². The van der Waals surface area contributed by atoms with Crippen LogP contribution in [0.1, 0.15) is 28.8 Å². The molecule has 1 heterocycles. The van der Waals surface area contributed by atoms with Crippen molar-refractivity contribution in [3.05, 3.63) is 35.4 Å². The quantitative estimate of drug-likeness (QED) is 0.864. The third-order valence-electron chi connectivity index (χ3n) is 3.74. The zero-order chi connectivity index (χ0) is 13.7. The number of esters is 1. The molecule has 4 nitrogen and oxygen atoms in total. The summed E-state index contributed by atoms with van der Waals surface area (Å²) < 4.78 is 4.70. The lowest BCUT2D eigenvalue weighted by Crippen LogP contribution is -2.40. The molecule has 1 N–H and O–H groups in total. The Balaban J connectivity index is 0.00000200. The Morgan fingerprint density at radius 2 is 1.90 bits per heavy atom. The number of hydrogen-bond donors (Lipinski definition) is 1. The van der Waals surface area contributed by atoms with E-state index < -0.39 is 0 Å². The van der Waals surface area contributed by atoms with Crippen molar-refractivity contribution in [3.8, 4) is 0 Å². The molecule has 112 valence electrons. The Bertz CT molecular complexity index is 416. The smallest absolute Gasteiger partial charge is 0.337 e. The van der Waals surface area contributed by atoms with Gasteiger partial charge in [0, 0.05) is 12.6 Å². The maximum Gasteiger partial charge on any atom is 0.337 e. The molecule has 5 heteroatoms. The lowest BCUT2D eigenvalue weighted by molar-refractivity contribution is 0.0600. The largest absolute Gasteiger partial charge is 0.465 e. The van der Waals surface area contributed by atoms with E-state index in [1.807, 2.05) is 24.3 Å². The molecule has 0 atom stereocenters. The van der Waals surface area contributed by atoms with Gasteiger partial charge in [0.1, 0.15) is 0 Å². The predicted octanol–water partition coefficient (Wildman–Crippen LogP) is 2.08. The van der Waals surface area contributed by atoms with Gasteiger partial charge in [-0.3, -0.25) is 4.90 Å². The molecule has 20 heavy (non-hydrogen) atoms. The predicted molar refractivity (Wildman–Crippen MR) is 82.4 cm³/mol. The number of nitrogens with one attached hydrogen (secondary N) is 1. The Morgan fingerprint density at radius 1 is 1.30 bits per heavy atom. The summed E-state index contributed by atoms with van der Waals surface area (Å²) in [5.74, 6) is -0.279. The van der Waals surface area contributed by atoms with E-state index in [4.69, 9.17) is 4.74 Å². The molecular weight excluding hydrogens is 276 g/mol. The number of carbonyl (C=O) groups is 1. The van der Waals surface area contributed by atoms with Gasteiger partial charge in [0.05, 0.1) is 12.7 Å². The molecule has 1 fully saturated rings. The summed E-state index contributed by atoms with van der Waals surface area (Å²) >= 11 is 0. The third kappa shape index (κ3) is 4.47. The Kier molecular flexibility index (Phi) is 6.99. The zero-order valence-electron chi connectivity index (χ0n) is 12.1. The van der Waals surface area contributed by atoms with E-state index in [9.17, 15) is 4.79 Å². The van der Waals surface area contributed by atoms with E-state index in [0.717, 1.165) is 19.6 Å². The summed E-state index contributed by atoms with van der Waals surface area (Å²) in [5, 5.41) is 3.38. The minimum absolute atomic E-state index is 0. The topological polar surface area (TPSA) is 41.6 Å². The van der Waals surface area contributed by atoms with Crippen LogP contribution in [-0.4, -0.2) is 44.2 Å². The van der Waals surface area contributed by atoms with Gasteiger partial charge in [0.25, 0.3) is 0 Å². The van der Waals surface area contributed by atoms with Gasteiger partial charge < -0.3 is 10.1 Å². The fraction of sp³-hybridized carbons (Fsp3) is 0.533. The number of piperidine rings is 1. The number of rotatable bonds is 4. The summed E-state index contributed by atoms with van der Waals surface area (Å²) in [6.45, 7) is 3.14. The highest BCUT2D eigenvalue weighted by molar-refractivity contribution is 5.89. The van der Waals surface area contributed by atoms with Crippen molar-refractivity contribution < 1.29 is 9.53 Å². The van der Waals surface area contributed by atoms with Crippen molar-refractivity contribution in [2.75, 3.05) is 27.2 Å². The van der Waals surface area contributed by atoms with Crippen molar-refractivity contribution in [3.63, 3.8) is 0 Å². The zero-order valence-corrected chi connectivity index (χ0v) is 12.9. The van der Waals surface area contributed by atoms with Gasteiger partial charge in [-0.25, -0.2) is 4.79 Å². The summed E-state index contributed by atoms with van der Waals surface area (Å²) in [6.07, 6.45) is 2.41. The molecule has 0 spiro atoms. The molecule has 1 aliphatic rings. The molecule has 1 saturated heterocycles. The number of benzene rings is 1. The highest BCUT2D eigenvalue weighted by Crippen LogP contribution is 2.14. The third-order valence-corrected chi connectivity index (χ3v) is 3.74. The van der Waals surface area contributed by atoms with Crippen LogP contribution in [0.2, 0.25) is 0 Å². The van der Waals surface area contributed by atoms with Crippen molar-refractivity contribution in [1.82, 2.24) is 10.2 Å². The van der Waals surface area contributed by atoms with E-state index in [1.54, 1.807) is 0 Å². The molecule has 0 bridgehead atoms. The number of ether oxygens (including phenoxy) is 1. The highest BCUT2D eigenvalue weighted by Gasteiger charge is 2.17. The first-order valence-corrected chi connectivity index (χ1v) is 6.79. The van der Waals surface area contributed by atoms with E-state index in [1.165, 1.54) is 25.5 Å². The molecule has 1 aliphatic heterocycles. The average molecular weight is 299 g/mol. The number of halogens is 1. The van der Waals surface area contributed by atoms with Crippen LogP contribution in [0.3, 0.4) is 0 Å². The van der Waals surface area contributed by atoms with Crippen molar-refractivity contribution in [1.29, 1.82) is 0 Å². The number of methoxy groups -OCH3 is 1. The minimum atomic E-state index is -0.279.